The van der Waals surface area contributed by atoms with Gasteiger partial charge in [-0.2, -0.15) is 0 Å². The molecule has 3 nitrogen and oxygen atoms in total. The number of nitrogens with one attached hydrogen (secondary N) is 1. The first-order chi connectivity index (χ1) is 8.21. The van der Waals surface area contributed by atoms with Gasteiger partial charge in [0.05, 0.1) is 0 Å². The first kappa shape index (κ1) is 13.4. The molecule has 2 fully saturated rings. The minimum atomic E-state index is 0.0719. The van der Waals surface area contributed by atoms with Crippen LogP contribution in [0.3, 0.4) is 0 Å². The Morgan fingerprint density at radius 3 is 2.56 bits per heavy atom. The molecule has 0 radical (unpaired) electrons. The molecule has 1 saturated heterocycles. The van der Waals surface area contributed by atoms with Gasteiger partial charge in [-0.25, -0.2) is 4.79 Å². The van der Waals surface area contributed by atoms with Crippen molar-refractivity contribution in [1.82, 2.24) is 10.2 Å². The molecule has 0 aromatic heterocycles. The van der Waals surface area contributed by atoms with E-state index in [2.05, 4.69) is 26.1 Å². The Labute approximate surface area is 111 Å². The number of likely N-dealkylation sites (tertiary alicyclic amines) is 1. The maximum absolute atomic E-state index is 12.2. The summed E-state index contributed by atoms with van der Waals surface area (Å²) in [4.78, 5) is 14.3. The molecule has 102 valence electrons. The van der Waals surface area contributed by atoms with E-state index in [0.717, 1.165) is 18.5 Å². The van der Waals surface area contributed by atoms with Crippen molar-refractivity contribution in [2.45, 2.75) is 59.9 Å². The molecule has 1 aliphatic carbocycles. The molecule has 2 bridgehead atoms. The van der Waals surface area contributed by atoms with Crippen molar-refractivity contribution in [2.24, 2.45) is 10.8 Å². The van der Waals surface area contributed by atoms with Gasteiger partial charge in [0.2, 0.25) is 0 Å². The van der Waals surface area contributed by atoms with Gasteiger partial charge in [-0.1, -0.05) is 26.3 Å². The quantitative estimate of drug-likeness (QED) is 0.758. The Bertz CT molecular complexity index is 382. The summed E-state index contributed by atoms with van der Waals surface area (Å²) in [6.07, 6.45) is 5.32. The van der Waals surface area contributed by atoms with Gasteiger partial charge in [0.25, 0.3) is 0 Å². The summed E-state index contributed by atoms with van der Waals surface area (Å²) >= 11 is 0. The van der Waals surface area contributed by atoms with Crippen LogP contribution < -0.4 is 5.32 Å². The second-order valence-electron chi connectivity index (χ2n) is 7.51. The van der Waals surface area contributed by atoms with E-state index in [-0.39, 0.29) is 6.03 Å². The van der Waals surface area contributed by atoms with Gasteiger partial charge in [0, 0.05) is 18.8 Å². The summed E-state index contributed by atoms with van der Waals surface area (Å²) in [6.45, 7) is 11.9. The van der Waals surface area contributed by atoms with E-state index in [1.807, 2.05) is 18.7 Å². The molecule has 2 atom stereocenters. The van der Waals surface area contributed by atoms with E-state index in [9.17, 15) is 4.79 Å². The number of hydrogen-bond donors (Lipinski definition) is 1. The maximum atomic E-state index is 12.2. The molecular formula is C15H26N2O. The molecule has 2 aliphatic rings. The molecule has 0 aromatic carbocycles. The zero-order chi connectivity index (χ0) is 13.6. The summed E-state index contributed by atoms with van der Waals surface area (Å²) in [6, 6.07) is 0.493. The van der Waals surface area contributed by atoms with Gasteiger partial charge < -0.3 is 10.2 Å². The maximum Gasteiger partial charge on any atom is 0.321 e. The minimum absolute atomic E-state index is 0.0719. The van der Waals surface area contributed by atoms with E-state index in [1.54, 1.807) is 6.20 Å². The third-order valence-corrected chi connectivity index (χ3v) is 4.16. The van der Waals surface area contributed by atoms with Crippen LogP contribution in [0, 0.1) is 10.8 Å². The van der Waals surface area contributed by atoms with Crippen LogP contribution >= 0.6 is 0 Å². The van der Waals surface area contributed by atoms with Crippen LogP contribution in [0.2, 0.25) is 0 Å². The monoisotopic (exact) mass is 250 g/mol. The highest BCUT2D eigenvalue weighted by molar-refractivity contribution is 5.76. The lowest BCUT2D eigenvalue weighted by molar-refractivity contribution is 0.129. The van der Waals surface area contributed by atoms with Crippen molar-refractivity contribution in [3.8, 4) is 0 Å². The smallest absolute Gasteiger partial charge is 0.321 e. The number of fused-ring (bicyclic) bond motifs is 2. The molecule has 2 amide bonds. The Morgan fingerprint density at radius 2 is 1.94 bits per heavy atom. The summed E-state index contributed by atoms with van der Waals surface area (Å²) in [7, 11) is 0. The van der Waals surface area contributed by atoms with Gasteiger partial charge >= 0.3 is 6.03 Å². The number of nitrogens with zero attached hydrogens (tertiary/aromatic N) is 1. The third-order valence-electron chi connectivity index (χ3n) is 4.16. The highest BCUT2D eigenvalue weighted by atomic mass is 16.2. The van der Waals surface area contributed by atoms with Crippen LogP contribution in [0.15, 0.2) is 11.8 Å². The van der Waals surface area contributed by atoms with Crippen LogP contribution in [0.4, 0.5) is 4.79 Å². The Kier molecular flexibility index (Phi) is 3.20. The van der Waals surface area contributed by atoms with Crippen molar-refractivity contribution >= 4 is 6.03 Å². The molecule has 18 heavy (non-hydrogen) atoms. The highest BCUT2D eigenvalue weighted by Gasteiger charge is 2.50. The first-order valence-electron chi connectivity index (χ1n) is 6.91. The van der Waals surface area contributed by atoms with Crippen LogP contribution in [-0.2, 0) is 0 Å². The van der Waals surface area contributed by atoms with Crippen LogP contribution in [0.5, 0.6) is 0 Å². The molecule has 1 N–H and O–H groups in total. The molecule has 1 saturated carbocycles. The number of hydrogen-bond acceptors (Lipinski definition) is 1. The number of rotatable bonds is 1. The van der Waals surface area contributed by atoms with Crippen LogP contribution in [-0.4, -0.2) is 23.5 Å². The third kappa shape index (κ3) is 2.70. The van der Waals surface area contributed by atoms with Crippen molar-refractivity contribution in [2.75, 3.05) is 6.54 Å². The number of allylic oxidation sites excluding steroid dienone is 1. The summed E-state index contributed by atoms with van der Waals surface area (Å²) in [5.74, 6) is 0. The van der Waals surface area contributed by atoms with E-state index in [1.165, 1.54) is 12.8 Å². The average Bonchev–Trinajstić information content (AvgIpc) is 2.44. The fraction of sp³-hybridized carbons (Fsp3) is 0.800. The topological polar surface area (TPSA) is 32.3 Å². The SMILES string of the molecule is CC(C)=CNC(=O)N1CC2(C)CC1CC(C)(C)C2. The van der Waals surface area contributed by atoms with E-state index < -0.39 is 0 Å². The lowest BCUT2D eigenvalue weighted by Gasteiger charge is -2.39. The van der Waals surface area contributed by atoms with Crippen LogP contribution in [0.25, 0.3) is 0 Å². The largest absolute Gasteiger partial charge is 0.321 e. The normalized spacial score (nSPS) is 33.2. The fourth-order valence-corrected chi connectivity index (χ4v) is 3.99. The number of carbonyl (C=O) groups excluding carboxylic acids is 1. The Morgan fingerprint density at radius 1 is 1.28 bits per heavy atom. The van der Waals surface area contributed by atoms with Crippen molar-refractivity contribution < 1.29 is 4.79 Å². The standard InChI is InChI=1S/C15H26N2O/c1-11(2)8-16-13(18)17-10-15(5)7-12(17)6-14(3,4)9-15/h8,12H,6-7,9-10H2,1-5H3,(H,16,18). The average molecular weight is 250 g/mol. The zero-order valence-electron chi connectivity index (χ0n) is 12.3. The Hall–Kier alpha value is -0.990. The minimum Gasteiger partial charge on any atom is -0.321 e. The summed E-state index contributed by atoms with van der Waals surface area (Å²) < 4.78 is 0. The summed E-state index contributed by atoms with van der Waals surface area (Å²) in [5.41, 5.74) is 1.80. The number of amides is 2. The molecule has 0 aromatic rings. The predicted molar refractivity (Wildman–Crippen MR) is 74.2 cm³/mol. The molecule has 3 heteroatoms. The molecular weight excluding hydrogens is 224 g/mol. The van der Waals surface area contributed by atoms with E-state index in [4.69, 9.17) is 0 Å². The van der Waals surface area contributed by atoms with Gasteiger partial charge in [-0.15, -0.1) is 0 Å². The number of carbonyl (C=O) groups is 1. The zero-order valence-corrected chi connectivity index (χ0v) is 12.3. The van der Waals surface area contributed by atoms with E-state index in [0.29, 0.717) is 16.9 Å². The fourth-order valence-electron chi connectivity index (χ4n) is 3.99. The van der Waals surface area contributed by atoms with Crippen molar-refractivity contribution in [3.05, 3.63) is 11.8 Å². The van der Waals surface area contributed by atoms with Gasteiger partial charge in [-0.3, -0.25) is 0 Å². The Balaban J connectivity index is 2.09. The molecule has 2 unspecified atom stereocenters. The molecule has 1 heterocycles. The van der Waals surface area contributed by atoms with Gasteiger partial charge in [0.15, 0.2) is 0 Å². The van der Waals surface area contributed by atoms with Crippen molar-refractivity contribution in [1.29, 1.82) is 0 Å². The summed E-state index contributed by atoms with van der Waals surface area (Å²) in [5, 5.41) is 2.91. The molecule has 0 spiro atoms. The first-order valence-corrected chi connectivity index (χ1v) is 6.91. The van der Waals surface area contributed by atoms with Gasteiger partial charge in [-0.05, 0) is 43.9 Å². The predicted octanol–water partition coefficient (Wildman–Crippen LogP) is 3.52. The second kappa shape index (κ2) is 4.29. The lowest BCUT2D eigenvalue weighted by atomic mass is 9.65. The van der Waals surface area contributed by atoms with Crippen LogP contribution in [0.1, 0.15) is 53.9 Å². The number of urea groups is 1. The lowest BCUT2D eigenvalue weighted by Crippen LogP contribution is -2.42. The molecule has 2 rings (SSSR count). The highest BCUT2D eigenvalue weighted by Crippen LogP contribution is 2.52. The van der Waals surface area contributed by atoms with Gasteiger partial charge in [0.1, 0.15) is 0 Å². The second-order valence-corrected chi connectivity index (χ2v) is 7.51. The molecule has 1 aliphatic heterocycles. The van der Waals surface area contributed by atoms with E-state index >= 15 is 0 Å². The van der Waals surface area contributed by atoms with Crippen molar-refractivity contribution in [3.63, 3.8) is 0 Å².